The summed E-state index contributed by atoms with van der Waals surface area (Å²) in [6.45, 7) is 2.90. The molecule has 1 aliphatic carbocycles. The molecular formula is C18H21BrN2. The smallest absolute Gasteiger partial charge is 0.0750 e. The molecule has 3 N–H and O–H groups in total. The summed E-state index contributed by atoms with van der Waals surface area (Å²) in [4.78, 5) is 0. The number of benzene rings is 2. The lowest BCUT2D eigenvalue weighted by molar-refractivity contribution is 0.391. The monoisotopic (exact) mass is 344 g/mol. The average molecular weight is 345 g/mol. The molecule has 110 valence electrons. The lowest BCUT2D eigenvalue weighted by Gasteiger charge is -2.42. The van der Waals surface area contributed by atoms with Crippen molar-refractivity contribution in [1.29, 1.82) is 0 Å². The minimum absolute atomic E-state index is 0.174. The predicted octanol–water partition coefficient (Wildman–Crippen LogP) is 4.61. The number of nitrogens with one attached hydrogen (secondary N) is 1. The van der Waals surface area contributed by atoms with Crippen molar-refractivity contribution in [3.05, 3.63) is 64.1 Å². The first-order chi connectivity index (χ1) is 10.2. The van der Waals surface area contributed by atoms with Gasteiger partial charge in [-0.05, 0) is 57.9 Å². The van der Waals surface area contributed by atoms with Gasteiger partial charge in [0.15, 0.2) is 0 Å². The summed E-state index contributed by atoms with van der Waals surface area (Å²) in [5.41, 5.74) is 9.92. The third-order valence-electron chi connectivity index (χ3n) is 4.61. The van der Waals surface area contributed by atoms with Crippen LogP contribution in [0.5, 0.6) is 0 Å². The third kappa shape index (κ3) is 2.60. The van der Waals surface area contributed by atoms with Crippen LogP contribution in [0.2, 0.25) is 0 Å². The molecule has 0 heterocycles. The highest BCUT2D eigenvalue weighted by Crippen LogP contribution is 2.43. The van der Waals surface area contributed by atoms with Gasteiger partial charge in [-0.3, -0.25) is 0 Å². The average Bonchev–Trinajstić information content (AvgIpc) is 2.53. The van der Waals surface area contributed by atoms with E-state index in [0.717, 1.165) is 23.0 Å². The molecule has 2 aromatic rings. The zero-order chi connectivity index (χ0) is 14.9. The van der Waals surface area contributed by atoms with Crippen molar-refractivity contribution in [1.82, 2.24) is 0 Å². The largest absolute Gasteiger partial charge is 0.373 e. The van der Waals surface area contributed by atoms with Crippen LogP contribution in [-0.4, -0.2) is 6.54 Å². The molecule has 0 saturated heterocycles. The molecule has 0 aromatic heterocycles. The van der Waals surface area contributed by atoms with Gasteiger partial charge >= 0.3 is 0 Å². The minimum atomic E-state index is -0.174. The van der Waals surface area contributed by atoms with Gasteiger partial charge in [-0.15, -0.1) is 0 Å². The fourth-order valence-electron chi connectivity index (χ4n) is 3.33. The summed E-state index contributed by atoms with van der Waals surface area (Å²) >= 11 is 3.62. The summed E-state index contributed by atoms with van der Waals surface area (Å²) in [6.07, 6.45) is 2.22. The Kier molecular flexibility index (Phi) is 4.05. The number of fused-ring (bicyclic) bond motifs is 1. The van der Waals surface area contributed by atoms with Crippen LogP contribution in [0.15, 0.2) is 53.0 Å². The summed E-state index contributed by atoms with van der Waals surface area (Å²) in [5, 5.41) is 3.72. The number of para-hydroxylation sites is 1. The lowest BCUT2D eigenvalue weighted by Crippen LogP contribution is -2.45. The molecule has 0 spiro atoms. The standard InChI is InChI=1S/C18H21BrN2/c1-13-10-11-18(12-20,15-7-3-2-6-14(13)15)21-17-9-5-4-8-16(17)19/h2-9,13,21H,10-12,20H2,1H3. The Hall–Kier alpha value is -1.32. The van der Waals surface area contributed by atoms with Crippen LogP contribution in [0.1, 0.15) is 36.8 Å². The zero-order valence-corrected chi connectivity index (χ0v) is 13.9. The van der Waals surface area contributed by atoms with Crippen LogP contribution in [0, 0.1) is 0 Å². The van der Waals surface area contributed by atoms with Gasteiger partial charge in [0.25, 0.3) is 0 Å². The summed E-state index contributed by atoms with van der Waals surface area (Å²) in [7, 11) is 0. The number of hydrogen-bond donors (Lipinski definition) is 2. The zero-order valence-electron chi connectivity index (χ0n) is 12.3. The fourth-order valence-corrected chi connectivity index (χ4v) is 3.71. The van der Waals surface area contributed by atoms with Crippen LogP contribution in [0.4, 0.5) is 5.69 Å². The number of anilines is 1. The van der Waals surface area contributed by atoms with Crippen LogP contribution < -0.4 is 11.1 Å². The third-order valence-corrected chi connectivity index (χ3v) is 5.30. The maximum Gasteiger partial charge on any atom is 0.0750 e. The first kappa shape index (κ1) is 14.6. The van der Waals surface area contributed by atoms with E-state index in [1.54, 1.807) is 0 Å². The van der Waals surface area contributed by atoms with Gasteiger partial charge in [-0.1, -0.05) is 43.3 Å². The van der Waals surface area contributed by atoms with E-state index in [2.05, 4.69) is 70.6 Å². The van der Waals surface area contributed by atoms with Gasteiger partial charge in [-0.2, -0.15) is 0 Å². The summed E-state index contributed by atoms with van der Waals surface area (Å²) in [6, 6.07) is 16.9. The normalized spacial score (nSPS) is 24.4. The Morgan fingerprint density at radius 3 is 2.67 bits per heavy atom. The van der Waals surface area contributed by atoms with Crippen molar-refractivity contribution in [3.63, 3.8) is 0 Å². The molecule has 0 aliphatic heterocycles. The molecule has 2 atom stereocenters. The van der Waals surface area contributed by atoms with Crippen molar-refractivity contribution in [2.45, 2.75) is 31.2 Å². The molecule has 0 radical (unpaired) electrons. The molecule has 2 nitrogen and oxygen atoms in total. The molecule has 3 heteroatoms. The summed E-state index contributed by atoms with van der Waals surface area (Å²) < 4.78 is 1.08. The Morgan fingerprint density at radius 2 is 1.90 bits per heavy atom. The lowest BCUT2D eigenvalue weighted by atomic mass is 9.72. The van der Waals surface area contributed by atoms with Crippen LogP contribution >= 0.6 is 15.9 Å². The highest BCUT2D eigenvalue weighted by atomic mass is 79.9. The van der Waals surface area contributed by atoms with E-state index in [1.165, 1.54) is 11.1 Å². The van der Waals surface area contributed by atoms with Gasteiger partial charge in [0.1, 0.15) is 0 Å². The van der Waals surface area contributed by atoms with E-state index < -0.39 is 0 Å². The van der Waals surface area contributed by atoms with Gasteiger partial charge in [0, 0.05) is 16.7 Å². The quantitative estimate of drug-likeness (QED) is 0.852. The maximum atomic E-state index is 6.22. The van der Waals surface area contributed by atoms with E-state index in [0.29, 0.717) is 12.5 Å². The van der Waals surface area contributed by atoms with Crippen molar-refractivity contribution in [3.8, 4) is 0 Å². The fraction of sp³-hybridized carbons (Fsp3) is 0.333. The second-order valence-corrected chi connectivity index (χ2v) is 6.77. The molecule has 3 rings (SSSR count). The molecule has 0 fully saturated rings. The predicted molar refractivity (Wildman–Crippen MR) is 92.6 cm³/mol. The molecule has 2 aromatic carbocycles. The van der Waals surface area contributed by atoms with Crippen LogP contribution in [0.3, 0.4) is 0 Å². The van der Waals surface area contributed by atoms with Gasteiger partial charge in [-0.25, -0.2) is 0 Å². The molecule has 2 unspecified atom stereocenters. The van der Waals surface area contributed by atoms with Crippen molar-refractivity contribution in [2.75, 3.05) is 11.9 Å². The molecule has 0 bridgehead atoms. The Bertz CT molecular complexity index is 641. The first-order valence-electron chi connectivity index (χ1n) is 7.48. The molecular weight excluding hydrogens is 324 g/mol. The molecule has 0 saturated carbocycles. The van der Waals surface area contributed by atoms with E-state index in [9.17, 15) is 0 Å². The first-order valence-corrected chi connectivity index (χ1v) is 8.28. The van der Waals surface area contributed by atoms with Crippen molar-refractivity contribution < 1.29 is 0 Å². The highest BCUT2D eigenvalue weighted by molar-refractivity contribution is 9.10. The summed E-state index contributed by atoms with van der Waals surface area (Å²) in [5.74, 6) is 0.599. The Balaban J connectivity index is 2.05. The SMILES string of the molecule is CC1CCC(CN)(Nc2ccccc2Br)c2ccccc21. The second kappa shape index (κ2) is 5.82. The van der Waals surface area contributed by atoms with Crippen LogP contribution in [0.25, 0.3) is 0 Å². The number of halogens is 1. The second-order valence-electron chi connectivity index (χ2n) is 5.92. The van der Waals surface area contributed by atoms with Crippen molar-refractivity contribution in [2.24, 2.45) is 5.73 Å². The Morgan fingerprint density at radius 1 is 1.19 bits per heavy atom. The Labute approximate surface area is 134 Å². The van der Waals surface area contributed by atoms with E-state index in [4.69, 9.17) is 5.73 Å². The van der Waals surface area contributed by atoms with Gasteiger partial charge in [0.05, 0.1) is 5.54 Å². The molecule has 21 heavy (non-hydrogen) atoms. The maximum absolute atomic E-state index is 6.22. The van der Waals surface area contributed by atoms with E-state index in [1.807, 2.05) is 6.07 Å². The van der Waals surface area contributed by atoms with E-state index >= 15 is 0 Å². The number of nitrogens with two attached hydrogens (primary N) is 1. The minimum Gasteiger partial charge on any atom is -0.373 e. The van der Waals surface area contributed by atoms with E-state index in [-0.39, 0.29) is 5.54 Å². The van der Waals surface area contributed by atoms with Crippen LogP contribution in [-0.2, 0) is 5.54 Å². The highest BCUT2D eigenvalue weighted by Gasteiger charge is 2.37. The topological polar surface area (TPSA) is 38.0 Å². The van der Waals surface area contributed by atoms with Gasteiger partial charge in [0.2, 0.25) is 0 Å². The van der Waals surface area contributed by atoms with Crippen molar-refractivity contribution >= 4 is 21.6 Å². The number of hydrogen-bond acceptors (Lipinski definition) is 2. The molecule has 1 aliphatic rings. The number of rotatable bonds is 3. The molecule has 0 amide bonds. The van der Waals surface area contributed by atoms with Gasteiger partial charge < -0.3 is 11.1 Å².